The minimum atomic E-state index is -0.543. The van der Waals surface area contributed by atoms with Crippen LogP contribution in [0.5, 0.6) is 0 Å². The van der Waals surface area contributed by atoms with Crippen molar-refractivity contribution in [2.45, 2.75) is 0 Å². The van der Waals surface area contributed by atoms with Crippen molar-refractivity contribution in [2.75, 3.05) is 0 Å². The Labute approximate surface area is 89.3 Å². The van der Waals surface area contributed by atoms with Gasteiger partial charge in [0, 0.05) is 0 Å². The Balaban J connectivity index is 3.36. The number of hydrogen-bond acceptors (Lipinski definition) is 3. The monoisotopic (exact) mass is 314 g/mol. The normalized spacial score (nSPS) is 9.92. The summed E-state index contributed by atoms with van der Waals surface area (Å²) in [6.45, 7) is 0. The Morgan fingerprint density at radius 1 is 1.50 bits per heavy atom. The third-order valence-corrected chi connectivity index (χ3v) is 3.72. The van der Waals surface area contributed by atoms with Crippen LogP contribution in [0, 0.1) is 10.1 Å². The van der Waals surface area contributed by atoms with E-state index in [1.54, 1.807) is 0 Å². The average Bonchev–Trinajstić information content (AvgIpc) is 2.00. The summed E-state index contributed by atoms with van der Waals surface area (Å²) in [7, 11) is 0. The van der Waals surface area contributed by atoms with Crippen LogP contribution in [0.4, 0.5) is 5.69 Å². The number of nitro groups is 1. The summed E-state index contributed by atoms with van der Waals surface area (Å²) in [5.41, 5.74) is -0.119. The minimum absolute atomic E-state index is 0.119. The summed E-state index contributed by atoms with van der Waals surface area (Å²) in [6.07, 6.45) is 1.09. The van der Waals surface area contributed by atoms with Gasteiger partial charge in [-0.2, -0.15) is 0 Å². The second kappa shape index (κ2) is 3.68. The van der Waals surface area contributed by atoms with Crippen molar-refractivity contribution in [3.05, 3.63) is 30.4 Å². The molecule has 1 aromatic heterocycles. The van der Waals surface area contributed by atoms with Gasteiger partial charge in [0.2, 0.25) is 0 Å². The highest BCUT2D eigenvalue weighted by Crippen LogP contribution is 2.35. The number of hydrogen-bond donors (Lipinski definition) is 0. The molecule has 4 nitrogen and oxygen atoms in total. The number of halogens is 3. The van der Waals surface area contributed by atoms with Gasteiger partial charge < -0.3 is 0 Å². The lowest BCUT2D eigenvalue weighted by Crippen LogP contribution is -1.91. The van der Waals surface area contributed by atoms with Crippen LogP contribution in [-0.2, 0) is 0 Å². The predicted octanol–water partition coefficient (Wildman–Crippen LogP) is 3.17. The van der Waals surface area contributed by atoms with E-state index in [2.05, 4.69) is 36.8 Å². The largest absolute Gasteiger partial charge is 0.302 e. The van der Waals surface area contributed by atoms with Crippen LogP contribution in [-0.4, -0.2) is 9.91 Å². The minimum Gasteiger partial charge on any atom is -0.258 e. The molecule has 0 N–H and O–H groups in total. The molecule has 0 aliphatic carbocycles. The average molecular weight is 316 g/mol. The molecule has 0 aromatic carbocycles. The third kappa shape index (κ3) is 1.75. The van der Waals surface area contributed by atoms with Gasteiger partial charge in [0.25, 0.3) is 0 Å². The van der Waals surface area contributed by atoms with Crippen LogP contribution < -0.4 is 0 Å². The molecule has 1 heterocycles. The highest BCUT2D eigenvalue weighted by molar-refractivity contribution is 9.13. The van der Waals surface area contributed by atoms with Crippen molar-refractivity contribution in [3.63, 3.8) is 0 Å². The quantitative estimate of drug-likeness (QED) is 0.454. The van der Waals surface area contributed by atoms with E-state index in [1.165, 1.54) is 0 Å². The zero-order valence-corrected chi connectivity index (χ0v) is 9.35. The number of rotatable bonds is 1. The lowest BCUT2D eigenvalue weighted by Gasteiger charge is -1.98. The van der Waals surface area contributed by atoms with E-state index in [0.29, 0.717) is 8.95 Å². The molecule has 0 aliphatic heterocycles. The maximum Gasteiger partial charge on any atom is 0.302 e. The molecule has 0 unspecified atom stereocenters. The topological polar surface area (TPSA) is 56.0 Å². The highest BCUT2D eigenvalue weighted by Gasteiger charge is 2.17. The molecule has 0 aliphatic rings. The first-order valence-electron chi connectivity index (χ1n) is 2.68. The SMILES string of the molecule is O=[N+]([O-])c1cnc(Cl)c(Br)c1Br. The number of nitrogens with zero attached hydrogens (tertiary/aromatic N) is 2. The van der Waals surface area contributed by atoms with Crippen molar-refractivity contribution in [3.8, 4) is 0 Å². The summed E-state index contributed by atoms with van der Waals surface area (Å²) in [5.74, 6) is 0. The van der Waals surface area contributed by atoms with Crippen molar-refractivity contribution < 1.29 is 4.92 Å². The highest BCUT2D eigenvalue weighted by atomic mass is 79.9. The molecule has 1 aromatic rings. The molecule has 0 fully saturated rings. The molecule has 64 valence electrons. The second-order valence-corrected chi connectivity index (χ2v) is 3.76. The molecular weight excluding hydrogens is 315 g/mol. The molecule has 0 spiro atoms. The first-order chi connectivity index (χ1) is 5.54. The van der Waals surface area contributed by atoms with Crippen molar-refractivity contribution in [1.29, 1.82) is 0 Å². The number of pyridine rings is 1. The van der Waals surface area contributed by atoms with Crippen LogP contribution in [0.2, 0.25) is 5.15 Å². The summed E-state index contributed by atoms with van der Waals surface area (Å²) in [5, 5.41) is 10.5. The van der Waals surface area contributed by atoms with Gasteiger partial charge in [0.15, 0.2) is 0 Å². The summed E-state index contributed by atoms with van der Waals surface area (Å²) in [4.78, 5) is 13.4. The van der Waals surface area contributed by atoms with Crippen molar-refractivity contribution in [1.82, 2.24) is 4.98 Å². The van der Waals surface area contributed by atoms with Crippen LogP contribution >= 0.6 is 43.5 Å². The lowest BCUT2D eigenvalue weighted by molar-refractivity contribution is -0.386. The van der Waals surface area contributed by atoms with E-state index in [-0.39, 0.29) is 10.8 Å². The Morgan fingerprint density at radius 2 is 2.08 bits per heavy atom. The Hall–Kier alpha value is -0.200. The van der Waals surface area contributed by atoms with E-state index < -0.39 is 4.92 Å². The smallest absolute Gasteiger partial charge is 0.258 e. The van der Waals surface area contributed by atoms with E-state index in [1.807, 2.05) is 0 Å². The molecule has 0 atom stereocenters. The fourth-order valence-electron chi connectivity index (χ4n) is 0.561. The zero-order chi connectivity index (χ0) is 9.30. The molecule has 0 amide bonds. The number of aromatic nitrogens is 1. The second-order valence-electron chi connectivity index (χ2n) is 1.82. The lowest BCUT2D eigenvalue weighted by atomic mass is 10.4. The zero-order valence-electron chi connectivity index (χ0n) is 5.42. The maximum atomic E-state index is 10.4. The van der Waals surface area contributed by atoms with Gasteiger partial charge in [-0.25, -0.2) is 4.98 Å². The van der Waals surface area contributed by atoms with E-state index >= 15 is 0 Å². The van der Waals surface area contributed by atoms with Crippen molar-refractivity contribution >= 4 is 49.1 Å². The van der Waals surface area contributed by atoms with Gasteiger partial charge >= 0.3 is 5.69 Å². The predicted molar refractivity (Wildman–Crippen MR) is 51.3 cm³/mol. The van der Waals surface area contributed by atoms with E-state index in [4.69, 9.17) is 11.6 Å². The fraction of sp³-hybridized carbons (Fsp3) is 0. The van der Waals surface area contributed by atoms with Crippen LogP contribution in [0.1, 0.15) is 0 Å². The molecule has 0 saturated heterocycles. The maximum absolute atomic E-state index is 10.4. The van der Waals surface area contributed by atoms with Gasteiger partial charge in [-0.15, -0.1) is 0 Å². The van der Waals surface area contributed by atoms with Gasteiger partial charge in [-0.1, -0.05) is 11.6 Å². The molecule has 7 heteroatoms. The molecule has 0 radical (unpaired) electrons. The molecular formula is C5HBr2ClN2O2. The standard InChI is InChI=1S/C5HBr2ClN2O2/c6-3-2(10(11)12)1-9-5(8)4(3)7/h1H. The first kappa shape index (κ1) is 9.88. The molecule has 12 heavy (non-hydrogen) atoms. The van der Waals surface area contributed by atoms with Gasteiger partial charge in [0.05, 0.1) is 9.40 Å². The van der Waals surface area contributed by atoms with E-state index in [0.717, 1.165) is 6.20 Å². The fourth-order valence-corrected chi connectivity index (χ4v) is 1.56. The molecule has 1 rings (SSSR count). The van der Waals surface area contributed by atoms with Gasteiger partial charge in [-0.05, 0) is 31.9 Å². The Morgan fingerprint density at radius 3 is 2.58 bits per heavy atom. The van der Waals surface area contributed by atoms with Crippen LogP contribution in [0.25, 0.3) is 0 Å². The van der Waals surface area contributed by atoms with Crippen LogP contribution in [0.15, 0.2) is 15.1 Å². The third-order valence-electron chi connectivity index (χ3n) is 1.10. The Bertz CT molecular complexity index is 344. The van der Waals surface area contributed by atoms with Gasteiger partial charge in [0.1, 0.15) is 15.8 Å². The molecule has 0 bridgehead atoms. The molecule has 0 saturated carbocycles. The van der Waals surface area contributed by atoms with Crippen LogP contribution in [0.3, 0.4) is 0 Å². The first-order valence-corrected chi connectivity index (χ1v) is 4.64. The van der Waals surface area contributed by atoms with E-state index in [9.17, 15) is 10.1 Å². The summed E-state index contributed by atoms with van der Waals surface area (Å²) < 4.78 is 0.686. The van der Waals surface area contributed by atoms with Crippen molar-refractivity contribution in [2.24, 2.45) is 0 Å². The summed E-state index contributed by atoms with van der Waals surface area (Å²) >= 11 is 11.7. The Kier molecular flexibility index (Phi) is 3.03. The van der Waals surface area contributed by atoms with Gasteiger partial charge in [-0.3, -0.25) is 10.1 Å². The summed E-state index contributed by atoms with van der Waals surface area (Å²) in [6, 6.07) is 0.